The second kappa shape index (κ2) is 4.19. The Balaban J connectivity index is 2.74. The van der Waals surface area contributed by atoms with Gasteiger partial charge >= 0.3 is 0 Å². The second-order valence-corrected chi connectivity index (χ2v) is 3.20. The number of hydrogen-bond acceptors (Lipinski definition) is 2. The fraction of sp³-hybridized carbons (Fsp3) is 0.364. The largest absolute Gasteiger partial charge is 0.388 e. The van der Waals surface area contributed by atoms with Gasteiger partial charge in [0.15, 0.2) is 5.78 Å². The molecule has 3 unspecified atom stereocenters. The summed E-state index contributed by atoms with van der Waals surface area (Å²) in [6.07, 6.45) is 6.51. The van der Waals surface area contributed by atoms with Gasteiger partial charge in [0, 0.05) is 0 Å². The van der Waals surface area contributed by atoms with E-state index >= 15 is 0 Å². The Morgan fingerprint density at radius 1 is 1.62 bits per heavy atom. The molecule has 1 aliphatic carbocycles. The average Bonchev–Trinajstić information content (AvgIpc) is 2.47. The highest BCUT2D eigenvalue weighted by molar-refractivity contribution is 5.95. The lowest BCUT2D eigenvalue weighted by Crippen LogP contribution is -2.27. The van der Waals surface area contributed by atoms with Crippen molar-refractivity contribution in [3.05, 3.63) is 37.5 Å². The first-order chi connectivity index (χ1) is 6.20. The zero-order valence-electron chi connectivity index (χ0n) is 7.52. The Hall–Kier alpha value is -1.15. The molecule has 0 amide bonds. The molecule has 0 heterocycles. The molecule has 0 spiro atoms. The molecule has 0 aromatic rings. The maximum absolute atomic E-state index is 11.3. The van der Waals surface area contributed by atoms with Crippen molar-refractivity contribution in [1.29, 1.82) is 0 Å². The molecule has 0 radical (unpaired) electrons. The molecular weight excluding hydrogens is 164 g/mol. The Labute approximate surface area is 78.3 Å². The van der Waals surface area contributed by atoms with Gasteiger partial charge in [-0.3, -0.25) is 4.79 Å². The lowest BCUT2D eigenvalue weighted by atomic mass is 9.87. The number of ketones is 1. The smallest absolute Gasteiger partial charge is 0.161 e. The maximum Gasteiger partial charge on any atom is 0.161 e. The molecule has 1 N–H and O–H groups in total. The topological polar surface area (TPSA) is 37.3 Å². The molecule has 0 saturated heterocycles. The molecule has 2 heteroatoms. The molecule has 2 nitrogen and oxygen atoms in total. The summed E-state index contributed by atoms with van der Waals surface area (Å²) in [5.41, 5.74) is 0. The number of rotatable bonds is 4. The van der Waals surface area contributed by atoms with Crippen LogP contribution in [0.2, 0.25) is 0 Å². The Morgan fingerprint density at radius 3 is 2.85 bits per heavy atom. The molecule has 70 valence electrons. The lowest BCUT2D eigenvalue weighted by molar-refractivity contribution is -0.120. The minimum atomic E-state index is -0.743. The third-order valence-corrected chi connectivity index (χ3v) is 2.35. The van der Waals surface area contributed by atoms with Gasteiger partial charge in [0.25, 0.3) is 0 Å². The van der Waals surface area contributed by atoms with E-state index in [2.05, 4.69) is 13.2 Å². The molecule has 3 atom stereocenters. The highest BCUT2D eigenvalue weighted by Crippen LogP contribution is 2.28. The van der Waals surface area contributed by atoms with Gasteiger partial charge in [0.2, 0.25) is 0 Å². The van der Waals surface area contributed by atoms with Crippen LogP contribution in [0.15, 0.2) is 37.5 Å². The van der Waals surface area contributed by atoms with E-state index in [1.165, 1.54) is 12.2 Å². The van der Waals surface area contributed by atoms with Gasteiger partial charge in [-0.05, 0) is 18.4 Å². The van der Waals surface area contributed by atoms with E-state index in [4.69, 9.17) is 0 Å². The van der Waals surface area contributed by atoms with Crippen LogP contribution in [0.25, 0.3) is 0 Å². The fourth-order valence-corrected chi connectivity index (χ4v) is 1.65. The van der Waals surface area contributed by atoms with Gasteiger partial charge < -0.3 is 5.11 Å². The van der Waals surface area contributed by atoms with Crippen LogP contribution in [0, 0.1) is 11.8 Å². The van der Waals surface area contributed by atoms with Gasteiger partial charge in [-0.1, -0.05) is 18.2 Å². The minimum Gasteiger partial charge on any atom is -0.388 e. The summed E-state index contributed by atoms with van der Waals surface area (Å²) in [7, 11) is 0. The molecular formula is C11H14O2. The van der Waals surface area contributed by atoms with E-state index in [1.807, 2.05) is 6.08 Å². The van der Waals surface area contributed by atoms with E-state index in [9.17, 15) is 9.90 Å². The summed E-state index contributed by atoms with van der Waals surface area (Å²) in [5, 5.41) is 9.51. The highest BCUT2D eigenvalue weighted by atomic mass is 16.3. The lowest BCUT2D eigenvalue weighted by Gasteiger charge is -2.19. The zero-order chi connectivity index (χ0) is 9.84. The van der Waals surface area contributed by atoms with Crippen molar-refractivity contribution in [2.45, 2.75) is 12.5 Å². The summed E-state index contributed by atoms with van der Waals surface area (Å²) in [6, 6.07) is 0. The van der Waals surface area contributed by atoms with Crippen molar-refractivity contribution in [2.24, 2.45) is 11.8 Å². The maximum atomic E-state index is 11.3. The summed E-state index contributed by atoms with van der Waals surface area (Å²) in [6.45, 7) is 7.09. The van der Waals surface area contributed by atoms with E-state index < -0.39 is 6.10 Å². The van der Waals surface area contributed by atoms with Gasteiger partial charge in [-0.2, -0.15) is 0 Å². The van der Waals surface area contributed by atoms with Crippen LogP contribution < -0.4 is 0 Å². The third kappa shape index (κ3) is 1.95. The number of carbonyl (C=O) groups is 1. The summed E-state index contributed by atoms with van der Waals surface area (Å²) in [4.78, 5) is 11.3. The van der Waals surface area contributed by atoms with E-state index in [-0.39, 0.29) is 17.6 Å². The van der Waals surface area contributed by atoms with Crippen molar-refractivity contribution in [3.63, 3.8) is 0 Å². The first-order valence-corrected chi connectivity index (χ1v) is 4.34. The van der Waals surface area contributed by atoms with Crippen molar-refractivity contribution in [2.75, 3.05) is 0 Å². The van der Waals surface area contributed by atoms with Gasteiger partial charge in [-0.25, -0.2) is 0 Å². The molecule has 0 aromatic carbocycles. The number of aliphatic hydroxyl groups excluding tert-OH is 1. The van der Waals surface area contributed by atoms with Crippen LogP contribution in [-0.2, 0) is 4.79 Å². The predicted molar refractivity (Wildman–Crippen MR) is 52.1 cm³/mol. The van der Waals surface area contributed by atoms with Crippen molar-refractivity contribution < 1.29 is 9.90 Å². The van der Waals surface area contributed by atoms with Crippen LogP contribution in [0.3, 0.4) is 0 Å². The molecule has 0 fully saturated rings. The predicted octanol–water partition coefficient (Wildman–Crippen LogP) is 1.48. The normalized spacial score (nSPS) is 28.8. The average molecular weight is 178 g/mol. The zero-order valence-corrected chi connectivity index (χ0v) is 7.52. The molecule has 13 heavy (non-hydrogen) atoms. The molecule has 1 rings (SSSR count). The molecule has 0 saturated carbocycles. The first kappa shape index (κ1) is 9.93. The van der Waals surface area contributed by atoms with Crippen molar-refractivity contribution >= 4 is 5.78 Å². The molecule has 0 aliphatic heterocycles. The quantitative estimate of drug-likeness (QED) is 0.662. The van der Waals surface area contributed by atoms with Crippen LogP contribution in [0.5, 0.6) is 0 Å². The Bertz CT molecular complexity index is 253. The van der Waals surface area contributed by atoms with Crippen LogP contribution in [0.4, 0.5) is 0 Å². The van der Waals surface area contributed by atoms with Gasteiger partial charge in [0.05, 0.1) is 12.0 Å². The highest BCUT2D eigenvalue weighted by Gasteiger charge is 2.33. The van der Waals surface area contributed by atoms with Crippen LogP contribution in [-0.4, -0.2) is 17.0 Å². The van der Waals surface area contributed by atoms with Crippen molar-refractivity contribution in [1.82, 2.24) is 0 Å². The number of allylic oxidation sites excluding steroid dienone is 3. The molecule has 1 aliphatic rings. The monoisotopic (exact) mass is 178 g/mol. The third-order valence-electron chi connectivity index (χ3n) is 2.35. The van der Waals surface area contributed by atoms with Crippen LogP contribution >= 0.6 is 0 Å². The van der Waals surface area contributed by atoms with E-state index in [1.54, 1.807) is 6.08 Å². The SMILES string of the molecule is C=CCC1C=CC(=O)C1C(O)C=C. The minimum absolute atomic E-state index is 0.0146. The van der Waals surface area contributed by atoms with Crippen LogP contribution in [0.1, 0.15) is 6.42 Å². The molecule has 0 bridgehead atoms. The first-order valence-electron chi connectivity index (χ1n) is 4.34. The number of aliphatic hydroxyl groups is 1. The van der Waals surface area contributed by atoms with Gasteiger partial charge in [-0.15, -0.1) is 13.2 Å². The summed E-state index contributed by atoms with van der Waals surface area (Å²) < 4.78 is 0. The summed E-state index contributed by atoms with van der Waals surface area (Å²) in [5.74, 6) is -0.284. The van der Waals surface area contributed by atoms with Crippen molar-refractivity contribution in [3.8, 4) is 0 Å². The fourth-order valence-electron chi connectivity index (χ4n) is 1.65. The second-order valence-electron chi connectivity index (χ2n) is 3.20. The van der Waals surface area contributed by atoms with Gasteiger partial charge in [0.1, 0.15) is 0 Å². The Morgan fingerprint density at radius 2 is 2.31 bits per heavy atom. The standard InChI is InChI=1S/C11H14O2/c1-3-5-8-6-7-10(13)11(8)9(12)4-2/h3-4,6-9,11-12H,1-2,5H2. The van der Waals surface area contributed by atoms with E-state index in [0.717, 1.165) is 6.42 Å². The number of hydrogen-bond donors (Lipinski definition) is 1. The summed E-state index contributed by atoms with van der Waals surface area (Å²) >= 11 is 0. The number of carbonyl (C=O) groups excluding carboxylic acids is 1. The van der Waals surface area contributed by atoms with E-state index in [0.29, 0.717) is 0 Å². The molecule has 0 aromatic heterocycles. The Kier molecular flexibility index (Phi) is 3.20.